The second-order valence-corrected chi connectivity index (χ2v) is 5.15. The van der Waals surface area contributed by atoms with Crippen molar-refractivity contribution in [3.05, 3.63) is 53.4 Å². The summed E-state index contributed by atoms with van der Waals surface area (Å²) in [6.07, 6.45) is 6.02. The predicted octanol–water partition coefficient (Wildman–Crippen LogP) is 3.35. The van der Waals surface area contributed by atoms with Gasteiger partial charge in [0.25, 0.3) is 0 Å². The maximum atomic E-state index is 4.48. The Labute approximate surface area is 125 Å². The Morgan fingerprint density at radius 1 is 1.24 bits per heavy atom. The lowest BCUT2D eigenvalue weighted by molar-refractivity contribution is 0.953. The van der Waals surface area contributed by atoms with E-state index in [2.05, 4.69) is 57.9 Å². The average Bonchev–Trinajstić information content (AvgIpc) is 2.75. The molecule has 1 aliphatic heterocycles. The van der Waals surface area contributed by atoms with Gasteiger partial charge in [-0.2, -0.15) is 0 Å². The molecule has 0 saturated heterocycles. The highest BCUT2D eigenvalue weighted by Gasteiger charge is 2.07. The number of aryl methyl sites for hydroxylation is 1. The number of nitrogens with one attached hydrogen (secondary N) is 2. The van der Waals surface area contributed by atoms with Gasteiger partial charge in [0.1, 0.15) is 0 Å². The Bertz CT molecular complexity index is 649. The minimum Gasteiger partial charge on any atom is -0.384 e. The molecule has 0 bridgehead atoms. The van der Waals surface area contributed by atoms with E-state index < -0.39 is 0 Å². The summed E-state index contributed by atoms with van der Waals surface area (Å²) in [5.74, 6) is 0.709. The van der Waals surface area contributed by atoms with E-state index in [-0.39, 0.29) is 0 Å². The smallest absolute Gasteiger partial charge is 0.223 e. The number of fused-ring (bicyclic) bond motifs is 1. The molecule has 0 atom stereocenters. The van der Waals surface area contributed by atoms with Gasteiger partial charge in [0.2, 0.25) is 5.95 Å². The molecule has 1 aliphatic rings. The first kappa shape index (κ1) is 13.6. The van der Waals surface area contributed by atoms with Crippen molar-refractivity contribution in [2.75, 3.05) is 23.7 Å². The van der Waals surface area contributed by atoms with E-state index in [4.69, 9.17) is 0 Å². The van der Waals surface area contributed by atoms with Crippen LogP contribution in [0.1, 0.15) is 24.6 Å². The highest BCUT2D eigenvalue weighted by atomic mass is 15.1. The molecular weight excluding hydrogens is 260 g/mol. The van der Waals surface area contributed by atoms with Crippen LogP contribution in [0.4, 0.5) is 11.6 Å². The quantitative estimate of drug-likeness (QED) is 0.901. The number of nitrogens with zero attached hydrogens (tertiary/aromatic N) is 2. The van der Waals surface area contributed by atoms with Crippen LogP contribution in [0.25, 0.3) is 6.08 Å². The highest BCUT2D eigenvalue weighted by molar-refractivity contribution is 5.69. The summed E-state index contributed by atoms with van der Waals surface area (Å²) in [6.45, 7) is 3.84. The minimum atomic E-state index is 0.709. The topological polar surface area (TPSA) is 49.8 Å². The molecule has 21 heavy (non-hydrogen) atoms. The molecule has 0 amide bonds. The third-order valence-electron chi connectivity index (χ3n) is 3.63. The number of hydrogen-bond donors (Lipinski definition) is 2. The third kappa shape index (κ3) is 3.40. The van der Waals surface area contributed by atoms with Gasteiger partial charge in [0.15, 0.2) is 0 Å². The summed E-state index contributed by atoms with van der Waals surface area (Å²) in [6, 6.07) is 10.3. The molecule has 0 radical (unpaired) electrons. The number of rotatable bonds is 4. The van der Waals surface area contributed by atoms with Crippen molar-refractivity contribution in [2.24, 2.45) is 0 Å². The largest absolute Gasteiger partial charge is 0.384 e. The van der Waals surface area contributed by atoms with Gasteiger partial charge in [-0.3, -0.25) is 0 Å². The van der Waals surface area contributed by atoms with Crippen molar-refractivity contribution in [3.8, 4) is 0 Å². The molecule has 0 aliphatic carbocycles. The first-order valence-corrected chi connectivity index (χ1v) is 7.43. The third-order valence-corrected chi connectivity index (χ3v) is 3.63. The first-order valence-electron chi connectivity index (χ1n) is 7.43. The molecule has 0 spiro atoms. The summed E-state index contributed by atoms with van der Waals surface area (Å²) >= 11 is 0. The number of aromatic nitrogens is 2. The van der Waals surface area contributed by atoms with E-state index in [0.717, 1.165) is 31.6 Å². The molecule has 0 unspecified atom stereocenters. The number of anilines is 2. The van der Waals surface area contributed by atoms with E-state index >= 15 is 0 Å². The van der Waals surface area contributed by atoms with E-state index in [1.807, 2.05) is 12.3 Å². The second kappa shape index (κ2) is 6.39. The first-order chi connectivity index (χ1) is 10.3. The highest BCUT2D eigenvalue weighted by Crippen LogP contribution is 2.22. The Balaban J connectivity index is 1.71. The molecule has 0 fully saturated rings. The van der Waals surface area contributed by atoms with Crippen LogP contribution in [-0.2, 0) is 6.42 Å². The number of para-hydroxylation sites is 1. The van der Waals surface area contributed by atoms with Crippen molar-refractivity contribution in [1.29, 1.82) is 0 Å². The van der Waals surface area contributed by atoms with Gasteiger partial charge in [0.05, 0.1) is 0 Å². The molecule has 2 heterocycles. The minimum absolute atomic E-state index is 0.709. The number of hydrogen-bond acceptors (Lipinski definition) is 4. The molecule has 3 rings (SSSR count). The monoisotopic (exact) mass is 280 g/mol. The van der Waals surface area contributed by atoms with Crippen molar-refractivity contribution in [3.63, 3.8) is 0 Å². The molecule has 2 N–H and O–H groups in total. The standard InChI is InChI=1S/C17H20N4/c1-2-15-8-10-19-17(21-15)20-12-13-7-9-18-16-6-4-3-5-14(16)11-13/h3-6,8,10-11,18H,2,7,9,12H2,1H3,(H,19,20,21). The SMILES string of the molecule is CCc1ccnc(NCC2=Cc3ccccc3NCC2)n1. The molecule has 2 aromatic rings. The maximum Gasteiger partial charge on any atom is 0.223 e. The fourth-order valence-electron chi connectivity index (χ4n) is 2.44. The van der Waals surface area contributed by atoms with Crippen LogP contribution in [0, 0.1) is 0 Å². The van der Waals surface area contributed by atoms with Crippen LogP contribution in [0.5, 0.6) is 0 Å². The van der Waals surface area contributed by atoms with Crippen LogP contribution in [0.3, 0.4) is 0 Å². The van der Waals surface area contributed by atoms with E-state index in [1.165, 1.54) is 16.8 Å². The van der Waals surface area contributed by atoms with E-state index in [1.54, 1.807) is 0 Å². The van der Waals surface area contributed by atoms with Gasteiger partial charge < -0.3 is 10.6 Å². The summed E-state index contributed by atoms with van der Waals surface area (Å²) in [7, 11) is 0. The zero-order valence-corrected chi connectivity index (χ0v) is 12.3. The summed E-state index contributed by atoms with van der Waals surface area (Å²) in [4.78, 5) is 8.75. The molecule has 108 valence electrons. The fraction of sp³-hybridized carbons (Fsp3) is 0.294. The van der Waals surface area contributed by atoms with Crippen LogP contribution in [-0.4, -0.2) is 23.1 Å². The van der Waals surface area contributed by atoms with Crippen LogP contribution in [0.2, 0.25) is 0 Å². The van der Waals surface area contributed by atoms with Gasteiger partial charge >= 0.3 is 0 Å². The molecular formula is C17H20N4. The predicted molar refractivity (Wildman–Crippen MR) is 87.4 cm³/mol. The maximum absolute atomic E-state index is 4.48. The molecule has 1 aromatic heterocycles. The fourth-order valence-corrected chi connectivity index (χ4v) is 2.44. The van der Waals surface area contributed by atoms with Crippen molar-refractivity contribution in [2.45, 2.75) is 19.8 Å². The second-order valence-electron chi connectivity index (χ2n) is 5.15. The van der Waals surface area contributed by atoms with E-state index in [0.29, 0.717) is 5.95 Å². The summed E-state index contributed by atoms with van der Waals surface area (Å²) in [5, 5.41) is 6.79. The Hall–Kier alpha value is -2.36. The van der Waals surface area contributed by atoms with Crippen LogP contribution >= 0.6 is 0 Å². The van der Waals surface area contributed by atoms with Gasteiger partial charge in [-0.15, -0.1) is 0 Å². The Morgan fingerprint density at radius 2 is 2.14 bits per heavy atom. The van der Waals surface area contributed by atoms with Crippen molar-refractivity contribution >= 4 is 17.7 Å². The van der Waals surface area contributed by atoms with Gasteiger partial charge in [-0.1, -0.05) is 31.2 Å². The zero-order valence-electron chi connectivity index (χ0n) is 12.3. The Morgan fingerprint density at radius 3 is 3.05 bits per heavy atom. The molecule has 0 saturated carbocycles. The lowest BCUT2D eigenvalue weighted by Gasteiger charge is -2.08. The summed E-state index contributed by atoms with van der Waals surface area (Å²) in [5.41, 5.74) is 4.87. The molecule has 1 aromatic carbocycles. The van der Waals surface area contributed by atoms with Crippen LogP contribution < -0.4 is 10.6 Å². The van der Waals surface area contributed by atoms with Gasteiger partial charge in [-0.05, 0) is 36.1 Å². The lowest BCUT2D eigenvalue weighted by atomic mass is 10.1. The van der Waals surface area contributed by atoms with Crippen LogP contribution in [0.15, 0.2) is 42.1 Å². The van der Waals surface area contributed by atoms with E-state index in [9.17, 15) is 0 Å². The molecule has 4 heteroatoms. The number of benzene rings is 1. The Kier molecular flexibility index (Phi) is 4.15. The van der Waals surface area contributed by atoms with Gasteiger partial charge in [-0.25, -0.2) is 9.97 Å². The average molecular weight is 280 g/mol. The zero-order chi connectivity index (χ0) is 14.5. The van der Waals surface area contributed by atoms with Gasteiger partial charge in [0, 0.05) is 30.7 Å². The summed E-state index contributed by atoms with van der Waals surface area (Å²) < 4.78 is 0. The normalized spacial score (nSPS) is 13.7. The lowest BCUT2D eigenvalue weighted by Crippen LogP contribution is -2.10. The van der Waals surface area contributed by atoms with Crippen molar-refractivity contribution < 1.29 is 0 Å². The van der Waals surface area contributed by atoms with Crippen molar-refractivity contribution in [1.82, 2.24) is 9.97 Å². The molecule has 4 nitrogen and oxygen atoms in total.